The van der Waals surface area contributed by atoms with Gasteiger partial charge < -0.3 is 19.7 Å². The van der Waals surface area contributed by atoms with Crippen LogP contribution in [0, 0.1) is 0 Å². The first-order valence-corrected chi connectivity index (χ1v) is 13.4. The van der Waals surface area contributed by atoms with E-state index in [4.69, 9.17) is 9.47 Å². The standard InChI is InChI=1S/C25H27N3O6S2/c1-27-14-13-20-21(15-27)35-24(22(20)25(30)34-4)26-23(29)16-5-7-17(8-6-16)28(2)36(31,32)19-11-9-18(33-3)10-12-19/h5-12H,13-15H2,1-4H3,(H,26,29). The van der Waals surface area contributed by atoms with Crippen LogP contribution < -0.4 is 14.4 Å². The SMILES string of the molecule is COC(=O)c1c(NC(=O)c2ccc(N(C)S(=O)(=O)c3ccc(OC)cc3)cc2)sc2c1CCN(C)C2. The van der Waals surface area contributed by atoms with Gasteiger partial charge in [-0.05, 0) is 67.6 Å². The van der Waals surface area contributed by atoms with E-state index < -0.39 is 21.9 Å². The van der Waals surface area contributed by atoms with Crippen LogP contribution in [0.15, 0.2) is 53.4 Å². The third kappa shape index (κ3) is 4.95. The lowest BCUT2D eigenvalue weighted by atomic mass is 10.0. The number of benzene rings is 2. The van der Waals surface area contributed by atoms with Crippen LogP contribution in [0.1, 0.15) is 31.2 Å². The Labute approximate surface area is 214 Å². The third-order valence-corrected chi connectivity index (χ3v) is 9.01. The molecule has 0 unspecified atom stereocenters. The molecule has 0 saturated carbocycles. The number of hydrogen-bond acceptors (Lipinski definition) is 8. The second-order valence-corrected chi connectivity index (χ2v) is 11.4. The Balaban J connectivity index is 1.54. The van der Waals surface area contributed by atoms with Crippen molar-refractivity contribution < 1.29 is 27.5 Å². The molecule has 36 heavy (non-hydrogen) atoms. The van der Waals surface area contributed by atoms with Gasteiger partial charge in [0.15, 0.2) is 0 Å². The van der Waals surface area contributed by atoms with E-state index in [2.05, 4.69) is 10.2 Å². The highest BCUT2D eigenvalue weighted by molar-refractivity contribution is 7.92. The molecule has 2 heterocycles. The van der Waals surface area contributed by atoms with Gasteiger partial charge in [0.25, 0.3) is 15.9 Å². The van der Waals surface area contributed by atoms with E-state index in [1.807, 2.05) is 7.05 Å². The molecular weight excluding hydrogens is 502 g/mol. The number of ether oxygens (including phenoxy) is 2. The molecule has 1 amide bonds. The molecule has 0 fully saturated rings. The van der Waals surface area contributed by atoms with E-state index >= 15 is 0 Å². The molecule has 0 saturated heterocycles. The number of carbonyl (C=O) groups is 2. The van der Waals surface area contributed by atoms with Crippen LogP contribution in [0.25, 0.3) is 0 Å². The van der Waals surface area contributed by atoms with Crippen molar-refractivity contribution in [1.29, 1.82) is 0 Å². The van der Waals surface area contributed by atoms with Crippen LogP contribution >= 0.6 is 11.3 Å². The highest BCUT2D eigenvalue weighted by Crippen LogP contribution is 2.37. The second-order valence-electron chi connectivity index (χ2n) is 8.34. The fourth-order valence-electron chi connectivity index (χ4n) is 3.98. The van der Waals surface area contributed by atoms with Gasteiger partial charge in [0.05, 0.1) is 30.4 Å². The number of amides is 1. The fourth-order valence-corrected chi connectivity index (χ4v) is 6.49. The number of hydrogen-bond donors (Lipinski definition) is 1. The number of likely N-dealkylation sites (N-methyl/N-ethyl adjacent to an activating group) is 1. The van der Waals surface area contributed by atoms with Gasteiger partial charge in [0.2, 0.25) is 0 Å². The largest absolute Gasteiger partial charge is 0.497 e. The lowest BCUT2D eigenvalue weighted by Crippen LogP contribution is -2.26. The van der Waals surface area contributed by atoms with Crippen molar-refractivity contribution in [3.05, 3.63) is 70.1 Å². The summed E-state index contributed by atoms with van der Waals surface area (Å²) >= 11 is 1.37. The average Bonchev–Trinajstić information content (AvgIpc) is 3.24. The predicted octanol–water partition coefficient (Wildman–Crippen LogP) is 3.61. The van der Waals surface area contributed by atoms with Gasteiger partial charge in [0.1, 0.15) is 10.8 Å². The van der Waals surface area contributed by atoms with Gasteiger partial charge in [0, 0.05) is 30.6 Å². The first-order valence-electron chi connectivity index (χ1n) is 11.1. The Bertz CT molecular complexity index is 1380. The molecule has 9 nitrogen and oxygen atoms in total. The van der Waals surface area contributed by atoms with Crippen molar-refractivity contribution in [3.8, 4) is 5.75 Å². The zero-order chi connectivity index (χ0) is 26.0. The number of sulfonamides is 1. The zero-order valence-corrected chi connectivity index (χ0v) is 22.0. The van der Waals surface area contributed by atoms with Gasteiger partial charge >= 0.3 is 5.97 Å². The summed E-state index contributed by atoms with van der Waals surface area (Å²) in [7, 11) is 2.49. The first-order chi connectivity index (χ1) is 17.1. The molecule has 0 spiro atoms. The van der Waals surface area contributed by atoms with Gasteiger partial charge in [-0.3, -0.25) is 9.10 Å². The number of rotatable bonds is 7. The highest BCUT2D eigenvalue weighted by atomic mass is 32.2. The molecule has 1 N–H and O–H groups in total. The first kappa shape index (κ1) is 25.7. The van der Waals surface area contributed by atoms with Gasteiger partial charge in [-0.25, -0.2) is 13.2 Å². The Kier molecular flexibility index (Phi) is 7.34. The predicted molar refractivity (Wildman–Crippen MR) is 139 cm³/mol. The molecule has 190 valence electrons. The van der Waals surface area contributed by atoms with Crippen LogP contribution in [-0.4, -0.2) is 60.1 Å². The maximum absolute atomic E-state index is 13.0. The minimum Gasteiger partial charge on any atom is -0.497 e. The van der Waals surface area contributed by atoms with E-state index in [1.54, 1.807) is 36.4 Å². The van der Waals surface area contributed by atoms with Crippen molar-refractivity contribution in [2.45, 2.75) is 17.9 Å². The normalized spacial score (nSPS) is 13.6. The molecule has 4 rings (SSSR count). The number of nitrogens with one attached hydrogen (secondary N) is 1. The van der Waals surface area contributed by atoms with E-state index in [9.17, 15) is 18.0 Å². The molecule has 1 aliphatic heterocycles. The van der Waals surface area contributed by atoms with E-state index in [0.29, 0.717) is 40.5 Å². The lowest BCUT2D eigenvalue weighted by Gasteiger charge is -2.22. The number of anilines is 2. The van der Waals surface area contributed by atoms with Gasteiger partial charge in [-0.2, -0.15) is 0 Å². The molecular formula is C25H27N3O6S2. The van der Waals surface area contributed by atoms with E-state index in [0.717, 1.165) is 21.3 Å². The molecule has 1 aromatic heterocycles. The number of fused-ring (bicyclic) bond motifs is 1. The Hall–Kier alpha value is -3.41. The Morgan fingerprint density at radius 1 is 1.06 bits per heavy atom. The second kappa shape index (κ2) is 10.3. The van der Waals surface area contributed by atoms with Gasteiger partial charge in [-0.1, -0.05) is 0 Å². The summed E-state index contributed by atoms with van der Waals surface area (Å²) in [6.45, 7) is 1.51. The Morgan fingerprint density at radius 2 is 1.72 bits per heavy atom. The van der Waals surface area contributed by atoms with Crippen molar-refractivity contribution >= 4 is 43.9 Å². The molecule has 3 aromatic rings. The third-order valence-electron chi connectivity index (χ3n) is 6.08. The lowest BCUT2D eigenvalue weighted by molar-refractivity contribution is 0.0600. The summed E-state index contributed by atoms with van der Waals surface area (Å²) < 4.78 is 37.2. The van der Waals surface area contributed by atoms with Gasteiger partial charge in [-0.15, -0.1) is 11.3 Å². The Morgan fingerprint density at radius 3 is 2.33 bits per heavy atom. The van der Waals surface area contributed by atoms with Crippen LogP contribution in [0.2, 0.25) is 0 Å². The minimum atomic E-state index is -3.80. The average molecular weight is 530 g/mol. The quantitative estimate of drug-likeness (QED) is 0.466. The number of thiophene rings is 1. The summed E-state index contributed by atoms with van der Waals surface area (Å²) in [4.78, 5) is 28.8. The summed E-state index contributed by atoms with van der Waals surface area (Å²) in [6.07, 6.45) is 0.701. The fraction of sp³-hybridized carbons (Fsp3) is 0.280. The van der Waals surface area contributed by atoms with Crippen molar-refractivity contribution in [3.63, 3.8) is 0 Å². The van der Waals surface area contributed by atoms with E-state index in [1.165, 1.54) is 44.7 Å². The van der Waals surface area contributed by atoms with Crippen molar-refractivity contribution in [1.82, 2.24) is 4.90 Å². The van der Waals surface area contributed by atoms with Crippen molar-refractivity contribution in [2.24, 2.45) is 0 Å². The van der Waals surface area contributed by atoms with Crippen molar-refractivity contribution in [2.75, 3.05) is 44.5 Å². The summed E-state index contributed by atoms with van der Waals surface area (Å²) in [6, 6.07) is 12.3. The molecule has 0 atom stereocenters. The van der Waals surface area contributed by atoms with Crippen LogP contribution in [0.4, 0.5) is 10.7 Å². The maximum atomic E-state index is 13.0. The van der Waals surface area contributed by atoms with Crippen LogP contribution in [0.3, 0.4) is 0 Å². The highest BCUT2D eigenvalue weighted by Gasteiger charge is 2.28. The summed E-state index contributed by atoms with van der Waals surface area (Å²) in [5, 5.41) is 3.30. The van der Waals surface area contributed by atoms with E-state index in [-0.39, 0.29) is 4.90 Å². The number of carbonyl (C=O) groups excluding carboxylic acids is 2. The molecule has 0 bridgehead atoms. The molecule has 0 aliphatic carbocycles. The smallest absolute Gasteiger partial charge is 0.341 e. The topological polar surface area (TPSA) is 105 Å². The number of esters is 1. The zero-order valence-electron chi connectivity index (χ0n) is 20.4. The monoisotopic (exact) mass is 529 g/mol. The number of nitrogens with zero attached hydrogens (tertiary/aromatic N) is 2. The molecule has 1 aliphatic rings. The maximum Gasteiger partial charge on any atom is 0.341 e. The molecule has 0 radical (unpaired) electrons. The summed E-state index contributed by atoms with van der Waals surface area (Å²) in [5.74, 6) is -0.326. The molecule has 2 aromatic carbocycles. The number of methoxy groups -OCH3 is 2. The summed E-state index contributed by atoms with van der Waals surface area (Å²) in [5.41, 5.74) is 2.04. The minimum absolute atomic E-state index is 0.121. The van der Waals surface area contributed by atoms with Crippen LogP contribution in [0.5, 0.6) is 5.75 Å². The van der Waals surface area contributed by atoms with Crippen LogP contribution in [-0.2, 0) is 27.7 Å². The molecule has 11 heteroatoms.